The molecule has 116 valence electrons. The van der Waals surface area contributed by atoms with E-state index in [4.69, 9.17) is 0 Å². The van der Waals surface area contributed by atoms with Crippen LogP contribution in [0.15, 0.2) is 30.3 Å². The van der Waals surface area contributed by atoms with Crippen LogP contribution in [-0.4, -0.2) is 56.1 Å². The summed E-state index contributed by atoms with van der Waals surface area (Å²) in [4.78, 5) is 5.39. The fourth-order valence-corrected chi connectivity index (χ4v) is 4.10. The van der Waals surface area contributed by atoms with Gasteiger partial charge in [-0.05, 0) is 51.4 Å². The third-order valence-corrected chi connectivity index (χ3v) is 5.38. The molecule has 3 heteroatoms. The van der Waals surface area contributed by atoms with Gasteiger partial charge in [0, 0.05) is 31.7 Å². The monoisotopic (exact) mass is 287 g/mol. The van der Waals surface area contributed by atoms with Crippen molar-refractivity contribution >= 4 is 0 Å². The molecule has 0 aromatic heterocycles. The van der Waals surface area contributed by atoms with Crippen LogP contribution in [0.4, 0.5) is 0 Å². The first kappa shape index (κ1) is 15.0. The molecule has 21 heavy (non-hydrogen) atoms. The number of likely N-dealkylation sites (N-methyl/N-ethyl adjacent to an activating group) is 1. The van der Waals surface area contributed by atoms with Gasteiger partial charge in [-0.15, -0.1) is 0 Å². The Morgan fingerprint density at radius 1 is 1.00 bits per heavy atom. The Morgan fingerprint density at radius 2 is 1.67 bits per heavy atom. The minimum Gasteiger partial charge on any atom is -0.318 e. The number of benzene rings is 1. The first-order valence-electron chi connectivity index (χ1n) is 8.53. The van der Waals surface area contributed by atoms with Gasteiger partial charge >= 0.3 is 0 Å². The van der Waals surface area contributed by atoms with Crippen molar-refractivity contribution < 1.29 is 0 Å². The number of piperidine rings is 1. The summed E-state index contributed by atoms with van der Waals surface area (Å²) in [5, 5.41) is 3.27. The molecule has 3 rings (SSSR count). The van der Waals surface area contributed by atoms with E-state index in [-0.39, 0.29) is 0 Å². The highest BCUT2D eigenvalue weighted by Crippen LogP contribution is 2.40. The smallest absolute Gasteiger partial charge is 0.0484 e. The average molecular weight is 287 g/mol. The number of hydrogen-bond acceptors (Lipinski definition) is 3. The summed E-state index contributed by atoms with van der Waals surface area (Å²) in [5.41, 5.74) is 1.84. The first-order chi connectivity index (χ1) is 10.3. The average Bonchev–Trinajstić information content (AvgIpc) is 3.09. The van der Waals surface area contributed by atoms with Crippen molar-refractivity contribution in [3.63, 3.8) is 0 Å². The van der Waals surface area contributed by atoms with E-state index in [9.17, 15) is 0 Å². The van der Waals surface area contributed by atoms with Gasteiger partial charge in [-0.25, -0.2) is 0 Å². The van der Waals surface area contributed by atoms with E-state index in [1.165, 1.54) is 58.4 Å². The molecule has 0 radical (unpaired) electrons. The van der Waals surface area contributed by atoms with Crippen LogP contribution in [0, 0.1) is 0 Å². The van der Waals surface area contributed by atoms with E-state index in [1.54, 1.807) is 5.56 Å². The molecule has 0 bridgehead atoms. The Hall–Kier alpha value is -0.900. The molecular formula is C18H29N3. The Kier molecular flexibility index (Phi) is 4.94. The molecule has 2 fully saturated rings. The van der Waals surface area contributed by atoms with E-state index < -0.39 is 0 Å². The summed E-state index contributed by atoms with van der Waals surface area (Å²) in [5.74, 6) is 0. The van der Waals surface area contributed by atoms with E-state index >= 15 is 0 Å². The molecule has 1 N–H and O–H groups in total. The summed E-state index contributed by atoms with van der Waals surface area (Å²) in [7, 11) is 2.04. The topological polar surface area (TPSA) is 18.5 Å². The Morgan fingerprint density at radius 3 is 2.29 bits per heavy atom. The lowest BCUT2D eigenvalue weighted by atomic mass is 9.79. The van der Waals surface area contributed by atoms with Gasteiger partial charge in [-0.1, -0.05) is 30.3 Å². The second-order valence-corrected chi connectivity index (χ2v) is 6.54. The lowest BCUT2D eigenvalue weighted by molar-refractivity contribution is 0.0347. The van der Waals surface area contributed by atoms with Crippen molar-refractivity contribution in [2.75, 3.05) is 46.3 Å². The van der Waals surface area contributed by atoms with E-state index in [0.29, 0.717) is 5.54 Å². The first-order valence-corrected chi connectivity index (χ1v) is 8.53. The van der Waals surface area contributed by atoms with E-state index in [1.807, 2.05) is 7.05 Å². The zero-order chi connectivity index (χ0) is 14.5. The summed E-state index contributed by atoms with van der Waals surface area (Å²) < 4.78 is 0. The lowest BCUT2D eigenvalue weighted by Gasteiger charge is -2.48. The number of likely N-dealkylation sites (tertiary alicyclic amines) is 2. The zero-order valence-corrected chi connectivity index (χ0v) is 13.4. The predicted octanol–water partition coefficient (Wildman–Crippen LogP) is 2.29. The van der Waals surface area contributed by atoms with Gasteiger partial charge in [-0.3, -0.25) is 4.90 Å². The van der Waals surface area contributed by atoms with E-state index in [2.05, 4.69) is 45.4 Å². The third-order valence-electron chi connectivity index (χ3n) is 5.38. The predicted molar refractivity (Wildman–Crippen MR) is 88.5 cm³/mol. The van der Waals surface area contributed by atoms with Gasteiger partial charge in [0.25, 0.3) is 0 Å². The Labute approximate surface area is 129 Å². The Balaban J connectivity index is 1.76. The highest BCUT2D eigenvalue weighted by Gasteiger charge is 2.41. The summed E-state index contributed by atoms with van der Waals surface area (Å²) in [6.45, 7) is 7.31. The van der Waals surface area contributed by atoms with Crippen LogP contribution < -0.4 is 5.32 Å². The normalized spacial score (nSPS) is 23.5. The molecule has 3 nitrogen and oxygen atoms in total. The van der Waals surface area contributed by atoms with Gasteiger partial charge in [-0.2, -0.15) is 0 Å². The maximum atomic E-state index is 3.27. The van der Waals surface area contributed by atoms with Crippen LogP contribution in [0.2, 0.25) is 0 Å². The molecule has 2 aliphatic rings. The van der Waals surface area contributed by atoms with Crippen molar-refractivity contribution in [1.29, 1.82) is 0 Å². The summed E-state index contributed by atoms with van der Waals surface area (Å²) in [6.07, 6.45) is 5.30. The fourth-order valence-electron chi connectivity index (χ4n) is 4.10. The molecule has 0 saturated carbocycles. The van der Waals surface area contributed by atoms with Gasteiger partial charge in [0.2, 0.25) is 0 Å². The number of nitrogens with one attached hydrogen (secondary N) is 1. The van der Waals surface area contributed by atoms with Crippen LogP contribution in [0.25, 0.3) is 0 Å². The summed E-state index contributed by atoms with van der Waals surface area (Å²) in [6, 6.07) is 11.3. The molecule has 0 atom stereocenters. The minimum atomic E-state index is 0.300. The van der Waals surface area contributed by atoms with Crippen molar-refractivity contribution in [1.82, 2.24) is 15.1 Å². The zero-order valence-electron chi connectivity index (χ0n) is 13.4. The van der Waals surface area contributed by atoms with E-state index in [0.717, 1.165) is 6.54 Å². The molecule has 0 unspecified atom stereocenters. The van der Waals surface area contributed by atoms with Crippen molar-refractivity contribution in [2.45, 2.75) is 31.2 Å². The fraction of sp³-hybridized carbons (Fsp3) is 0.667. The van der Waals surface area contributed by atoms with Crippen molar-refractivity contribution in [3.8, 4) is 0 Å². The largest absolute Gasteiger partial charge is 0.318 e. The van der Waals surface area contributed by atoms with Gasteiger partial charge in [0.1, 0.15) is 0 Å². The molecular weight excluding hydrogens is 258 g/mol. The van der Waals surface area contributed by atoms with Crippen LogP contribution in [0.3, 0.4) is 0 Å². The lowest BCUT2D eigenvalue weighted by Crippen LogP contribution is -2.52. The molecule has 2 saturated heterocycles. The van der Waals surface area contributed by atoms with Gasteiger partial charge < -0.3 is 10.2 Å². The highest BCUT2D eigenvalue weighted by atomic mass is 15.2. The summed E-state index contributed by atoms with van der Waals surface area (Å²) >= 11 is 0. The SMILES string of the molecule is CNCCN1CCC(c2ccccc2)(N2CCCC2)CC1. The molecule has 1 aromatic carbocycles. The molecule has 0 aliphatic carbocycles. The molecule has 0 amide bonds. The van der Waals surface area contributed by atoms with Crippen molar-refractivity contribution in [2.24, 2.45) is 0 Å². The quantitative estimate of drug-likeness (QED) is 0.896. The van der Waals surface area contributed by atoms with Crippen LogP contribution >= 0.6 is 0 Å². The maximum absolute atomic E-state index is 3.27. The maximum Gasteiger partial charge on any atom is 0.0484 e. The Bertz CT molecular complexity index is 417. The second-order valence-electron chi connectivity index (χ2n) is 6.54. The van der Waals surface area contributed by atoms with Gasteiger partial charge in [0.05, 0.1) is 0 Å². The van der Waals surface area contributed by atoms with Crippen molar-refractivity contribution in [3.05, 3.63) is 35.9 Å². The number of hydrogen-bond donors (Lipinski definition) is 1. The standard InChI is InChI=1S/C18H29N3/c1-19-11-16-20-14-9-18(10-15-20,21-12-5-6-13-21)17-7-3-2-4-8-17/h2-4,7-8,19H,5-6,9-16H2,1H3. The molecule has 2 heterocycles. The highest BCUT2D eigenvalue weighted by molar-refractivity contribution is 5.26. The molecule has 1 aromatic rings. The molecule has 0 spiro atoms. The molecule has 2 aliphatic heterocycles. The third kappa shape index (κ3) is 3.15. The van der Waals surface area contributed by atoms with Crippen LogP contribution in [0.5, 0.6) is 0 Å². The number of nitrogens with zero attached hydrogens (tertiary/aromatic N) is 2. The number of rotatable bonds is 5. The van der Waals surface area contributed by atoms with Crippen LogP contribution in [-0.2, 0) is 5.54 Å². The van der Waals surface area contributed by atoms with Crippen LogP contribution in [0.1, 0.15) is 31.2 Å². The van der Waals surface area contributed by atoms with Gasteiger partial charge in [0.15, 0.2) is 0 Å². The second kappa shape index (κ2) is 6.91. The minimum absolute atomic E-state index is 0.300.